The van der Waals surface area contributed by atoms with Crippen molar-refractivity contribution in [1.29, 1.82) is 0 Å². The predicted octanol–water partition coefficient (Wildman–Crippen LogP) is 7.20. The third-order valence-electron chi connectivity index (χ3n) is 5.38. The average molecular weight is 418 g/mol. The van der Waals surface area contributed by atoms with Crippen molar-refractivity contribution in [2.45, 2.75) is 30.7 Å². The summed E-state index contributed by atoms with van der Waals surface area (Å²) in [6.45, 7) is 0. The van der Waals surface area contributed by atoms with Crippen LogP contribution in [0.2, 0.25) is 5.02 Å². The van der Waals surface area contributed by atoms with Gasteiger partial charge in [0, 0.05) is 5.92 Å². The van der Waals surface area contributed by atoms with Gasteiger partial charge in [0.1, 0.15) is 0 Å². The first-order valence-electron chi connectivity index (χ1n) is 8.58. The summed E-state index contributed by atoms with van der Waals surface area (Å²) in [7, 11) is 0. The summed E-state index contributed by atoms with van der Waals surface area (Å²) >= 11 is 6.16. The van der Waals surface area contributed by atoms with Crippen molar-refractivity contribution in [2.75, 3.05) is 5.32 Å². The molecular weight excluding hydrogens is 404 g/mol. The number of rotatable bonds is 1. The molecule has 1 heterocycles. The highest BCUT2D eigenvalue weighted by atomic mass is 35.5. The molecule has 0 unspecified atom stereocenters. The van der Waals surface area contributed by atoms with E-state index in [2.05, 4.69) is 5.32 Å². The van der Waals surface area contributed by atoms with E-state index in [9.17, 15) is 26.3 Å². The quantitative estimate of drug-likeness (QED) is 0.382. The molecule has 4 rings (SSSR count). The number of anilines is 1. The van der Waals surface area contributed by atoms with Gasteiger partial charge in [0.15, 0.2) is 0 Å². The fraction of sp³-hybridized carbons (Fsp3) is 0.300. The second-order valence-corrected chi connectivity index (χ2v) is 7.35. The molecule has 1 nitrogen and oxygen atoms in total. The number of allylic oxidation sites excluding steroid dienone is 2. The molecule has 0 saturated heterocycles. The Morgan fingerprint density at radius 3 is 2.25 bits per heavy atom. The summed E-state index contributed by atoms with van der Waals surface area (Å²) in [5.41, 5.74) is -1.56. The Hall–Kier alpha value is -2.15. The largest absolute Gasteiger partial charge is 0.416 e. The standard InChI is InChI=1S/C20H14ClF6N/c21-15-9-8-14(20(25,26)27)16-10-5-3-6-11(10)17(28-18(15)16)12-4-1-2-7-13(12)19(22,23)24/h1-5,7-11,17,28H,6H2/t10-,11-,17+/m0/s1. The Bertz CT molecular complexity index is 947. The lowest BCUT2D eigenvalue weighted by Crippen LogP contribution is -2.32. The highest BCUT2D eigenvalue weighted by molar-refractivity contribution is 6.33. The van der Waals surface area contributed by atoms with Crippen molar-refractivity contribution in [3.05, 3.63) is 75.8 Å². The van der Waals surface area contributed by atoms with E-state index in [-0.39, 0.29) is 21.8 Å². The van der Waals surface area contributed by atoms with Crippen molar-refractivity contribution in [2.24, 2.45) is 5.92 Å². The van der Waals surface area contributed by atoms with Gasteiger partial charge in [-0.1, -0.05) is 42.0 Å². The third-order valence-corrected chi connectivity index (χ3v) is 5.69. The van der Waals surface area contributed by atoms with Crippen molar-refractivity contribution in [3.63, 3.8) is 0 Å². The monoisotopic (exact) mass is 417 g/mol. The number of hydrogen-bond donors (Lipinski definition) is 1. The van der Waals surface area contributed by atoms with Crippen LogP contribution < -0.4 is 5.32 Å². The summed E-state index contributed by atoms with van der Waals surface area (Å²) in [5.74, 6) is -1.14. The van der Waals surface area contributed by atoms with Gasteiger partial charge in [0.05, 0.1) is 27.9 Å². The van der Waals surface area contributed by atoms with Gasteiger partial charge in [0.25, 0.3) is 0 Å². The van der Waals surface area contributed by atoms with E-state index in [1.54, 1.807) is 12.2 Å². The minimum absolute atomic E-state index is 0.000472. The van der Waals surface area contributed by atoms with Crippen LogP contribution in [0.4, 0.5) is 32.0 Å². The van der Waals surface area contributed by atoms with Gasteiger partial charge in [-0.15, -0.1) is 0 Å². The summed E-state index contributed by atoms with van der Waals surface area (Å²) in [4.78, 5) is 0. The molecule has 0 amide bonds. The molecule has 1 aliphatic heterocycles. The topological polar surface area (TPSA) is 12.0 Å². The molecule has 2 aromatic rings. The minimum atomic E-state index is -4.59. The molecule has 148 valence electrons. The summed E-state index contributed by atoms with van der Waals surface area (Å²) in [6.07, 6.45) is -5.43. The van der Waals surface area contributed by atoms with Crippen LogP contribution in [0.3, 0.4) is 0 Å². The van der Waals surface area contributed by atoms with Crippen LogP contribution >= 0.6 is 11.6 Å². The van der Waals surface area contributed by atoms with Crippen LogP contribution in [0.15, 0.2) is 48.6 Å². The van der Waals surface area contributed by atoms with Gasteiger partial charge in [0.2, 0.25) is 0 Å². The normalized spacial score (nSPS) is 23.9. The lowest BCUT2D eigenvalue weighted by molar-refractivity contribution is -0.138. The third kappa shape index (κ3) is 3.05. The maximum atomic E-state index is 13.6. The zero-order valence-electron chi connectivity index (χ0n) is 14.2. The van der Waals surface area contributed by atoms with Crippen molar-refractivity contribution >= 4 is 17.3 Å². The number of fused-ring (bicyclic) bond motifs is 3. The van der Waals surface area contributed by atoms with Gasteiger partial charge >= 0.3 is 12.4 Å². The van der Waals surface area contributed by atoms with Crippen LogP contribution in [0.1, 0.15) is 40.6 Å². The molecule has 2 aliphatic rings. The number of halogens is 7. The van der Waals surface area contributed by atoms with Crippen LogP contribution in [0.5, 0.6) is 0 Å². The van der Waals surface area contributed by atoms with Crippen LogP contribution in [-0.4, -0.2) is 0 Å². The number of hydrogen-bond acceptors (Lipinski definition) is 1. The molecule has 28 heavy (non-hydrogen) atoms. The molecule has 0 radical (unpaired) electrons. The predicted molar refractivity (Wildman–Crippen MR) is 94.2 cm³/mol. The van der Waals surface area contributed by atoms with E-state index >= 15 is 0 Å². The van der Waals surface area contributed by atoms with Gasteiger partial charge in [-0.05, 0) is 41.7 Å². The van der Waals surface area contributed by atoms with Gasteiger partial charge in [-0.3, -0.25) is 0 Å². The van der Waals surface area contributed by atoms with E-state index in [4.69, 9.17) is 11.6 Å². The SMILES string of the molecule is FC(F)(F)c1ccccc1[C@@H]1Nc2c(Cl)ccc(C(F)(F)F)c2[C@H]2C=CC[C@@H]21. The van der Waals surface area contributed by atoms with Crippen LogP contribution in [0.25, 0.3) is 0 Å². The fourth-order valence-corrected chi connectivity index (χ4v) is 4.48. The van der Waals surface area contributed by atoms with Crippen molar-refractivity contribution in [1.82, 2.24) is 0 Å². The molecule has 1 N–H and O–H groups in total. The molecule has 0 saturated carbocycles. The summed E-state index contributed by atoms with van der Waals surface area (Å²) < 4.78 is 81.3. The Morgan fingerprint density at radius 1 is 0.893 bits per heavy atom. The molecular formula is C20H14ClF6N. The summed E-state index contributed by atoms with van der Waals surface area (Å²) in [6, 6.07) is 6.37. The summed E-state index contributed by atoms with van der Waals surface area (Å²) in [5, 5.41) is 2.96. The van der Waals surface area contributed by atoms with E-state index in [0.717, 1.165) is 18.2 Å². The fourth-order valence-electron chi connectivity index (χ4n) is 4.26. The molecule has 2 aromatic carbocycles. The van der Waals surface area contributed by atoms with E-state index < -0.39 is 41.4 Å². The number of alkyl halides is 6. The highest BCUT2D eigenvalue weighted by Gasteiger charge is 2.46. The molecule has 3 atom stereocenters. The first-order valence-corrected chi connectivity index (χ1v) is 8.95. The maximum Gasteiger partial charge on any atom is 0.416 e. The Kier molecular flexibility index (Phi) is 4.41. The second-order valence-electron chi connectivity index (χ2n) is 6.94. The molecule has 0 fully saturated rings. The number of benzene rings is 2. The minimum Gasteiger partial charge on any atom is -0.376 e. The van der Waals surface area contributed by atoms with E-state index in [0.29, 0.717) is 6.42 Å². The zero-order valence-corrected chi connectivity index (χ0v) is 15.0. The van der Waals surface area contributed by atoms with Gasteiger partial charge < -0.3 is 5.32 Å². The lowest BCUT2D eigenvalue weighted by Gasteiger charge is -2.40. The lowest BCUT2D eigenvalue weighted by atomic mass is 9.74. The van der Waals surface area contributed by atoms with Crippen molar-refractivity contribution in [3.8, 4) is 0 Å². The molecule has 0 bridgehead atoms. The Balaban J connectivity index is 1.90. The van der Waals surface area contributed by atoms with E-state index in [1.807, 2.05) is 0 Å². The molecule has 0 aromatic heterocycles. The molecule has 8 heteroatoms. The maximum absolute atomic E-state index is 13.6. The van der Waals surface area contributed by atoms with Gasteiger partial charge in [-0.2, -0.15) is 26.3 Å². The second kappa shape index (κ2) is 6.44. The molecule has 0 spiro atoms. The highest BCUT2D eigenvalue weighted by Crippen LogP contribution is 2.55. The smallest absolute Gasteiger partial charge is 0.376 e. The van der Waals surface area contributed by atoms with Crippen LogP contribution in [-0.2, 0) is 12.4 Å². The number of nitrogens with one attached hydrogen (secondary N) is 1. The average Bonchev–Trinajstić information content (AvgIpc) is 3.09. The first-order chi connectivity index (χ1) is 13.1. The van der Waals surface area contributed by atoms with Crippen LogP contribution in [0, 0.1) is 5.92 Å². The van der Waals surface area contributed by atoms with E-state index in [1.165, 1.54) is 18.2 Å². The Labute approximate surface area is 162 Å². The zero-order chi connectivity index (χ0) is 20.3. The Morgan fingerprint density at radius 2 is 1.57 bits per heavy atom. The van der Waals surface area contributed by atoms with Gasteiger partial charge in [-0.25, -0.2) is 0 Å². The molecule has 1 aliphatic carbocycles. The first kappa shape index (κ1) is 19.2. The van der Waals surface area contributed by atoms with Crippen molar-refractivity contribution < 1.29 is 26.3 Å².